The maximum absolute atomic E-state index is 13.2. The Labute approximate surface area is 165 Å². The van der Waals surface area contributed by atoms with E-state index in [0.717, 1.165) is 24.5 Å². The van der Waals surface area contributed by atoms with Crippen molar-refractivity contribution in [1.29, 1.82) is 0 Å². The Hall–Kier alpha value is -1.97. The lowest BCUT2D eigenvalue weighted by molar-refractivity contribution is -0.0689. The first-order chi connectivity index (χ1) is 12.6. The van der Waals surface area contributed by atoms with Crippen LogP contribution in [0.15, 0.2) is 36.9 Å². The molecule has 0 saturated carbocycles. The molecule has 4 nitrogen and oxygen atoms in total. The summed E-state index contributed by atoms with van der Waals surface area (Å²) in [5.74, 6) is -0.546. The molecule has 0 saturated heterocycles. The summed E-state index contributed by atoms with van der Waals surface area (Å²) in [5, 5.41) is -0.0634. The summed E-state index contributed by atoms with van der Waals surface area (Å²) in [5.41, 5.74) is -2.82. The van der Waals surface area contributed by atoms with E-state index in [1.807, 2.05) is 0 Å². The van der Waals surface area contributed by atoms with Gasteiger partial charge in [0.1, 0.15) is 5.82 Å². The Morgan fingerprint density at radius 3 is 2.18 bits per heavy atom. The highest BCUT2D eigenvalue weighted by Crippen LogP contribution is 2.39. The molecule has 0 unspecified atom stereocenters. The zero-order chi connectivity index (χ0) is 21.5. The number of nitrogens with zero attached hydrogens (tertiary/aromatic N) is 1. The summed E-state index contributed by atoms with van der Waals surface area (Å²) in [6, 6.07) is 5.88. The van der Waals surface area contributed by atoms with Gasteiger partial charge in [-0.2, -0.15) is 13.2 Å². The number of aromatic nitrogens is 1. The maximum Gasteiger partial charge on any atom is 0.417 e. The number of hydrogen-bond acceptors (Lipinski definition) is 3. The molecule has 0 bridgehead atoms. The van der Waals surface area contributed by atoms with E-state index in [2.05, 4.69) is 16.3 Å². The van der Waals surface area contributed by atoms with E-state index >= 15 is 0 Å². The number of benzene rings is 1. The molecule has 0 aliphatic heterocycles. The molecule has 1 aromatic carbocycles. The smallest absolute Gasteiger partial charge is 0.246 e. The minimum Gasteiger partial charge on any atom is -0.246 e. The van der Waals surface area contributed by atoms with Crippen LogP contribution in [0.3, 0.4) is 0 Å². The fourth-order valence-corrected chi connectivity index (χ4v) is 4.08. The normalized spacial score (nSPS) is 12.9. The molecule has 2 aromatic rings. The number of rotatable bonds is 5. The number of sulfonamides is 1. The molecule has 2 rings (SSSR count). The van der Waals surface area contributed by atoms with Crippen molar-refractivity contribution >= 4 is 27.2 Å². The van der Waals surface area contributed by atoms with Crippen molar-refractivity contribution < 1.29 is 26.0 Å². The van der Waals surface area contributed by atoms with E-state index in [-0.39, 0.29) is 21.8 Å². The topological polar surface area (TPSA) is 59.1 Å². The highest BCUT2D eigenvalue weighted by molar-refractivity contribution is 7.88. The third-order valence-corrected chi connectivity index (χ3v) is 5.10. The predicted molar refractivity (Wildman–Crippen MR) is 101 cm³/mol. The zero-order valence-electron chi connectivity index (χ0n) is 15.2. The standard InChI is InChI=1S/C18H17ClF4N2O2S/c1-10(18(21,22)23)14-9-13(17(2,3)25-28(4,26)27)15(19)16(24-14)11-5-7-12(20)8-6-11/h5-9,25H,1H2,2-4H3. The van der Waals surface area contributed by atoms with Crippen molar-refractivity contribution in [2.24, 2.45) is 0 Å². The number of hydrogen-bond donors (Lipinski definition) is 1. The maximum atomic E-state index is 13.2. The van der Waals surface area contributed by atoms with E-state index in [1.54, 1.807) is 0 Å². The van der Waals surface area contributed by atoms with Gasteiger partial charge in [-0.1, -0.05) is 18.2 Å². The van der Waals surface area contributed by atoms with Crippen LogP contribution < -0.4 is 4.72 Å². The third kappa shape index (κ3) is 5.09. The Morgan fingerprint density at radius 1 is 1.18 bits per heavy atom. The second kappa shape index (κ2) is 7.46. The van der Waals surface area contributed by atoms with Gasteiger partial charge in [-0.15, -0.1) is 0 Å². The van der Waals surface area contributed by atoms with Gasteiger partial charge in [0.15, 0.2) is 0 Å². The molecule has 1 N–H and O–H groups in total. The second-order valence-electron chi connectivity index (χ2n) is 6.70. The SMILES string of the molecule is C=C(c1cc(C(C)(C)NS(C)(=O)=O)c(Cl)c(-c2ccc(F)cc2)n1)C(F)(F)F. The molecule has 0 amide bonds. The number of nitrogens with one attached hydrogen (secondary N) is 1. The first-order valence-corrected chi connectivity index (χ1v) is 10.1. The second-order valence-corrected chi connectivity index (χ2v) is 8.83. The van der Waals surface area contributed by atoms with Gasteiger partial charge in [0.2, 0.25) is 10.0 Å². The van der Waals surface area contributed by atoms with Crippen LogP contribution >= 0.6 is 11.6 Å². The summed E-state index contributed by atoms with van der Waals surface area (Å²) in [4.78, 5) is 3.96. The molecule has 0 radical (unpaired) electrons. The summed E-state index contributed by atoms with van der Waals surface area (Å²) < 4.78 is 78.5. The molecular formula is C18H17ClF4N2O2S. The molecule has 28 heavy (non-hydrogen) atoms. The van der Waals surface area contributed by atoms with Crippen molar-refractivity contribution in [3.05, 3.63) is 59.0 Å². The minimum absolute atomic E-state index is 0.0528. The Bertz CT molecular complexity index is 1020. The van der Waals surface area contributed by atoms with Crippen LogP contribution in [0, 0.1) is 5.82 Å². The van der Waals surface area contributed by atoms with Gasteiger partial charge >= 0.3 is 6.18 Å². The van der Waals surface area contributed by atoms with E-state index in [1.165, 1.54) is 26.0 Å². The van der Waals surface area contributed by atoms with Crippen LogP contribution in [-0.2, 0) is 15.6 Å². The van der Waals surface area contributed by atoms with Crippen molar-refractivity contribution in [3.8, 4) is 11.3 Å². The van der Waals surface area contributed by atoms with Crippen molar-refractivity contribution in [2.75, 3.05) is 6.26 Å². The first-order valence-electron chi connectivity index (χ1n) is 7.84. The van der Waals surface area contributed by atoms with Crippen molar-refractivity contribution in [1.82, 2.24) is 9.71 Å². The van der Waals surface area contributed by atoms with Gasteiger partial charge in [-0.3, -0.25) is 0 Å². The summed E-state index contributed by atoms with van der Waals surface area (Å²) >= 11 is 6.39. The van der Waals surface area contributed by atoms with Crippen LogP contribution in [0.1, 0.15) is 25.1 Å². The zero-order valence-corrected chi connectivity index (χ0v) is 16.7. The summed E-state index contributed by atoms with van der Waals surface area (Å²) in [7, 11) is -3.71. The van der Waals surface area contributed by atoms with Crippen LogP contribution in [-0.4, -0.2) is 25.8 Å². The number of allylic oxidation sites excluding steroid dienone is 1. The third-order valence-electron chi connectivity index (χ3n) is 3.84. The average Bonchev–Trinajstić information content (AvgIpc) is 2.52. The van der Waals surface area contributed by atoms with Crippen molar-refractivity contribution in [2.45, 2.75) is 25.6 Å². The summed E-state index contributed by atoms with van der Waals surface area (Å²) in [6.45, 7) is 5.94. The Morgan fingerprint density at radius 2 is 1.71 bits per heavy atom. The first kappa shape index (κ1) is 22.3. The fraction of sp³-hybridized carbons (Fsp3) is 0.278. The number of pyridine rings is 1. The quantitative estimate of drug-likeness (QED) is 0.678. The molecular weight excluding hydrogens is 420 g/mol. The molecule has 0 aliphatic rings. The van der Waals surface area contributed by atoms with Crippen LogP contribution in [0.4, 0.5) is 17.6 Å². The van der Waals surface area contributed by atoms with Gasteiger partial charge in [0.05, 0.1) is 33.8 Å². The molecule has 1 aromatic heterocycles. The van der Waals surface area contributed by atoms with Crippen LogP contribution in [0.5, 0.6) is 0 Å². The van der Waals surface area contributed by atoms with Gasteiger partial charge in [-0.25, -0.2) is 22.5 Å². The fourth-order valence-electron chi connectivity index (χ4n) is 2.60. The Balaban J connectivity index is 2.79. The Kier molecular flexibility index (Phi) is 5.94. The molecule has 0 spiro atoms. The van der Waals surface area contributed by atoms with Crippen LogP contribution in [0.25, 0.3) is 16.8 Å². The number of alkyl halides is 3. The van der Waals surface area contributed by atoms with Gasteiger partial charge in [0, 0.05) is 5.56 Å². The average molecular weight is 437 g/mol. The molecule has 0 aliphatic carbocycles. The monoisotopic (exact) mass is 436 g/mol. The molecule has 0 fully saturated rings. The van der Waals surface area contributed by atoms with Gasteiger partial charge < -0.3 is 0 Å². The lowest BCUT2D eigenvalue weighted by Gasteiger charge is -2.28. The highest BCUT2D eigenvalue weighted by Gasteiger charge is 2.36. The minimum atomic E-state index is -4.76. The van der Waals surface area contributed by atoms with E-state index in [0.29, 0.717) is 0 Å². The molecule has 152 valence electrons. The summed E-state index contributed by atoms with van der Waals surface area (Å²) in [6.07, 6.45) is -3.84. The van der Waals surface area contributed by atoms with E-state index in [4.69, 9.17) is 11.6 Å². The largest absolute Gasteiger partial charge is 0.417 e. The highest BCUT2D eigenvalue weighted by atomic mass is 35.5. The predicted octanol–water partition coefficient (Wildman–Crippen LogP) is 4.90. The van der Waals surface area contributed by atoms with E-state index in [9.17, 15) is 26.0 Å². The van der Waals surface area contributed by atoms with Crippen LogP contribution in [0.2, 0.25) is 5.02 Å². The molecule has 10 heteroatoms. The van der Waals surface area contributed by atoms with Crippen molar-refractivity contribution in [3.63, 3.8) is 0 Å². The molecule has 0 atom stereocenters. The molecule has 1 heterocycles. The van der Waals surface area contributed by atoms with Gasteiger partial charge in [0.25, 0.3) is 0 Å². The van der Waals surface area contributed by atoms with E-state index < -0.39 is 38.8 Å². The lowest BCUT2D eigenvalue weighted by Crippen LogP contribution is -2.40. The number of halogens is 5. The lowest BCUT2D eigenvalue weighted by atomic mass is 9.92. The van der Waals surface area contributed by atoms with Gasteiger partial charge in [-0.05, 0) is 49.7 Å².